The number of anilines is 1. The van der Waals surface area contributed by atoms with Gasteiger partial charge in [-0.25, -0.2) is 9.48 Å². The minimum atomic E-state index is -0.445. The Labute approximate surface area is 145 Å². The van der Waals surface area contributed by atoms with Crippen molar-refractivity contribution in [1.29, 1.82) is 0 Å². The number of hydrogen-bond donors (Lipinski definition) is 1. The highest BCUT2D eigenvalue weighted by Gasteiger charge is 2.19. The molecular formula is C18H21N3O4. The third-order valence-corrected chi connectivity index (χ3v) is 3.93. The molecule has 1 N–H and O–H groups in total. The van der Waals surface area contributed by atoms with Crippen LogP contribution < -0.4 is 5.32 Å². The number of nitrogens with one attached hydrogen (secondary N) is 1. The number of esters is 1. The second-order valence-corrected chi connectivity index (χ2v) is 5.80. The summed E-state index contributed by atoms with van der Waals surface area (Å²) in [4.78, 5) is 23.7. The van der Waals surface area contributed by atoms with Gasteiger partial charge in [-0.2, -0.15) is 5.10 Å². The van der Waals surface area contributed by atoms with Crippen molar-refractivity contribution in [2.75, 3.05) is 18.5 Å². The lowest BCUT2D eigenvalue weighted by molar-refractivity contribution is -0.118. The summed E-state index contributed by atoms with van der Waals surface area (Å²) >= 11 is 0. The van der Waals surface area contributed by atoms with Crippen LogP contribution in [-0.4, -0.2) is 41.0 Å². The van der Waals surface area contributed by atoms with Gasteiger partial charge in [0.05, 0.1) is 24.8 Å². The molecular weight excluding hydrogens is 322 g/mol. The van der Waals surface area contributed by atoms with Crippen molar-refractivity contribution in [2.45, 2.75) is 32.3 Å². The van der Waals surface area contributed by atoms with E-state index < -0.39 is 5.97 Å². The van der Waals surface area contributed by atoms with Crippen LogP contribution in [-0.2, 0) is 14.3 Å². The summed E-state index contributed by atoms with van der Waals surface area (Å²) in [6, 6.07) is 8.85. The Hall–Kier alpha value is -2.67. The zero-order valence-corrected chi connectivity index (χ0v) is 14.1. The molecule has 1 aliphatic rings. The smallest absolute Gasteiger partial charge is 0.358 e. The molecule has 0 spiro atoms. The largest absolute Gasteiger partial charge is 0.461 e. The van der Waals surface area contributed by atoms with Crippen LogP contribution in [0.3, 0.4) is 0 Å². The molecule has 0 saturated carbocycles. The van der Waals surface area contributed by atoms with Crippen molar-refractivity contribution in [2.24, 2.45) is 0 Å². The van der Waals surface area contributed by atoms with Gasteiger partial charge in [0.15, 0.2) is 5.69 Å². The highest BCUT2D eigenvalue weighted by Crippen LogP contribution is 2.17. The van der Waals surface area contributed by atoms with Crippen LogP contribution in [0.4, 0.5) is 5.69 Å². The van der Waals surface area contributed by atoms with Crippen molar-refractivity contribution in [3.63, 3.8) is 0 Å². The first-order valence-electron chi connectivity index (χ1n) is 8.40. The Kier molecular flexibility index (Phi) is 5.45. The second kappa shape index (κ2) is 7.94. The number of rotatable bonds is 6. The van der Waals surface area contributed by atoms with E-state index in [-0.39, 0.29) is 17.7 Å². The Morgan fingerprint density at radius 2 is 2.12 bits per heavy atom. The third-order valence-electron chi connectivity index (χ3n) is 3.93. The summed E-state index contributed by atoms with van der Waals surface area (Å²) in [6.45, 7) is 2.80. The number of carbonyl (C=O) groups is 2. The van der Waals surface area contributed by atoms with Gasteiger partial charge in [-0.3, -0.25) is 4.79 Å². The molecule has 1 amide bonds. The fourth-order valence-electron chi connectivity index (χ4n) is 2.70. The highest BCUT2D eigenvalue weighted by molar-refractivity contribution is 5.91. The predicted molar refractivity (Wildman–Crippen MR) is 91.7 cm³/mol. The number of carbonyl (C=O) groups excluding carboxylic acids is 2. The van der Waals surface area contributed by atoms with Gasteiger partial charge in [-0.05, 0) is 50.1 Å². The molecule has 25 heavy (non-hydrogen) atoms. The maximum Gasteiger partial charge on any atom is 0.358 e. The first-order valence-corrected chi connectivity index (χ1v) is 8.40. The maximum atomic E-state index is 12.0. The zero-order valence-electron chi connectivity index (χ0n) is 14.1. The molecule has 1 atom stereocenters. The van der Waals surface area contributed by atoms with E-state index in [4.69, 9.17) is 9.47 Å². The Morgan fingerprint density at radius 3 is 2.80 bits per heavy atom. The van der Waals surface area contributed by atoms with Crippen LogP contribution in [0, 0.1) is 0 Å². The second-order valence-electron chi connectivity index (χ2n) is 5.80. The quantitative estimate of drug-likeness (QED) is 0.815. The van der Waals surface area contributed by atoms with Crippen molar-refractivity contribution in [3.05, 3.63) is 42.2 Å². The van der Waals surface area contributed by atoms with E-state index in [1.54, 1.807) is 36.0 Å². The van der Waals surface area contributed by atoms with Crippen LogP contribution in [0.5, 0.6) is 0 Å². The lowest BCUT2D eigenvalue weighted by Crippen LogP contribution is -2.19. The summed E-state index contributed by atoms with van der Waals surface area (Å²) in [5.74, 6) is -0.498. The Bertz CT molecular complexity index is 733. The van der Waals surface area contributed by atoms with E-state index in [1.807, 2.05) is 12.1 Å². The molecule has 0 bridgehead atoms. The van der Waals surface area contributed by atoms with Gasteiger partial charge in [0.2, 0.25) is 5.91 Å². The van der Waals surface area contributed by atoms with E-state index in [2.05, 4.69) is 10.4 Å². The molecule has 1 fully saturated rings. The van der Waals surface area contributed by atoms with Crippen molar-refractivity contribution >= 4 is 17.6 Å². The number of aromatic nitrogens is 2. The topological polar surface area (TPSA) is 82.5 Å². The molecule has 1 aromatic heterocycles. The predicted octanol–water partition coefficient (Wildman–Crippen LogP) is 2.56. The number of benzene rings is 1. The average molecular weight is 343 g/mol. The minimum absolute atomic E-state index is 0.0321. The molecule has 2 heterocycles. The molecule has 1 aromatic carbocycles. The van der Waals surface area contributed by atoms with E-state index in [9.17, 15) is 9.59 Å². The molecule has 3 rings (SSSR count). The van der Waals surface area contributed by atoms with Gasteiger partial charge in [0.1, 0.15) is 0 Å². The van der Waals surface area contributed by atoms with Crippen molar-refractivity contribution < 1.29 is 19.1 Å². The monoisotopic (exact) mass is 343 g/mol. The number of hydrogen-bond acceptors (Lipinski definition) is 5. The molecule has 1 aliphatic heterocycles. The van der Waals surface area contributed by atoms with Crippen LogP contribution in [0.2, 0.25) is 0 Å². The summed E-state index contributed by atoms with van der Waals surface area (Å²) in [5.41, 5.74) is 1.76. The SMILES string of the molecule is CCOC(=O)c1ccn(-c2ccc(NC(=O)C[C@H]3CCCO3)cc2)n1. The van der Waals surface area contributed by atoms with Crippen LogP contribution in [0.25, 0.3) is 5.69 Å². The summed E-state index contributed by atoms with van der Waals surface area (Å²) in [6.07, 6.45) is 4.06. The highest BCUT2D eigenvalue weighted by atomic mass is 16.5. The first kappa shape index (κ1) is 17.2. The van der Waals surface area contributed by atoms with E-state index in [0.717, 1.165) is 25.1 Å². The number of amides is 1. The van der Waals surface area contributed by atoms with Gasteiger partial charge in [0, 0.05) is 18.5 Å². The van der Waals surface area contributed by atoms with Gasteiger partial charge in [-0.1, -0.05) is 0 Å². The molecule has 0 radical (unpaired) electrons. The zero-order chi connectivity index (χ0) is 17.6. The lowest BCUT2D eigenvalue weighted by Gasteiger charge is -2.10. The van der Waals surface area contributed by atoms with E-state index in [1.165, 1.54) is 0 Å². The summed E-state index contributed by atoms with van der Waals surface area (Å²) in [7, 11) is 0. The standard InChI is InChI=1S/C18H21N3O4/c1-2-24-18(23)16-9-10-21(20-16)14-7-5-13(6-8-14)19-17(22)12-15-4-3-11-25-15/h5-10,15H,2-4,11-12H2,1H3,(H,19,22)/t15-/m1/s1. The average Bonchev–Trinajstić information content (AvgIpc) is 3.27. The van der Waals surface area contributed by atoms with Gasteiger partial charge >= 0.3 is 5.97 Å². The molecule has 7 nitrogen and oxygen atoms in total. The Morgan fingerprint density at radius 1 is 1.32 bits per heavy atom. The molecule has 1 saturated heterocycles. The summed E-state index contributed by atoms with van der Waals surface area (Å²) in [5, 5.41) is 7.06. The van der Waals surface area contributed by atoms with Gasteiger partial charge < -0.3 is 14.8 Å². The van der Waals surface area contributed by atoms with Crippen LogP contribution in [0.15, 0.2) is 36.5 Å². The molecule has 132 valence electrons. The van der Waals surface area contributed by atoms with Gasteiger partial charge in [-0.15, -0.1) is 0 Å². The van der Waals surface area contributed by atoms with Crippen LogP contribution >= 0.6 is 0 Å². The number of ether oxygens (including phenoxy) is 2. The lowest BCUT2D eigenvalue weighted by atomic mass is 10.1. The fraction of sp³-hybridized carbons (Fsp3) is 0.389. The molecule has 2 aromatic rings. The van der Waals surface area contributed by atoms with E-state index >= 15 is 0 Å². The molecule has 0 aliphatic carbocycles. The minimum Gasteiger partial charge on any atom is -0.461 e. The number of nitrogens with zero attached hydrogens (tertiary/aromatic N) is 2. The molecule has 7 heteroatoms. The first-order chi connectivity index (χ1) is 12.2. The Balaban J connectivity index is 1.60. The molecule has 0 unspecified atom stereocenters. The summed E-state index contributed by atoms with van der Waals surface area (Å²) < 4.78 is 12.0. The normalized spacial score (nSPS) is 16.6. The van der Waals surface area contributed by atoms with E-state index in [0.29, 0.717) is 18.7 Å². The van der Waals surface area contributed by atoms with Gasteiger partial charge in [0.25, 0.3) is 0 Å². The van der Waals surface area contributed by atoms with Crippen molar-refractivity contribution in [3.8, 4) is 5.69 Å². The maximum absolute atomic E-state index is 12.0. The third kappa shape index (κ3) is 4.45. The van der Waals surface area contributed by atoms with Crippen molar-refractivity contribution in [1.82, 2.24) is 9.78 Å². The fourth-order valence-corrected chi connectivity index (χ4v) is 2.70. The van der Waals surface area contributed by atoms with Crippen LogP contribution in [0.1, 0.15) is 36.7 Å².